The summed E-state index contributed by atoms with van der Waals surface area (Å²) < 4.78 is 5.54. The Bertz CT molecular complexity index is 623. The molecule has 2 N–H and O–H groups in total. The third-order valence-electron chi connectivity index (χ3n) is 5.41. The summed E-state index contributed by atoms with van der Waals surface area (Å²) in [5.74, 6) is -1.39. The van der Waals surface area contributed by atoms with Crippen molar-refractivity contribution in [3.05, 3.63) is 29.8 Å². The Kier molecular flexibility index (Phi) is 4.38. The highest BCUT2D eigenvalue weighted by Gasteiger charge is 2.64. The molecule has 2 saturated carbocycles. The number of carbonyl (C=O) groups is 2. The van der Waals surface area contributed by atoms with Crippen molar-refractivity contribution in [3.63, 3.8) is 0 Å². The van der Waals surface area contributed by atoms with E-state index in [2.05, 4.69) is 5.32 Å². The summed E-state index contributed by atoms with van der Waals surface area (Å²) in [6, 6.07) is 7.37. The fourth-order valence-corrected chi connectivity index (χ4v) is 3.87. The molecule has 2 fully saturated rings. The van der Waals surface area contributed by atoms with E-state index in [9.17, 15) is 14.7 Å². The number of anilines is 1. The number of carboxylic acids is 1. The predicted molar refractivity (Wildman–Crippen MR) is 90.6 cm³/mol. The van der Waals surface area contributed by atoms with Gasteiger partial charge < -0.3 is 15.2 Å². The first-order chi connectivity index (χ1) is 11.4. The van der Waals surface area contributed by atoms with Crippen LogP contribution >= 0.6 is 0 Å². The lowest BCUT2D eigenvalue weighted by molar-refractivity contribution is -0.178. The van der Waals surface area contributed by atoms with Gasteiger partial charge in [0.2, 0.25) is 5.91 Å². The third kappa shape index (κ3) is 3.05. The van der Waals surface area contributed by atoms with Crippen molar-refractivity contribution in [2.24, 2.45) is 10.8 Å². The summed E-state index contributed by atoms with van der Waals surface area (Å²) in [6.07, 6.45) is 4.37. The van der Waals surface area contributed by atoms with Crippen molar-refractivity contribution >= 4 is 17.6 Å². The number of carboxylic acid groups (broad SMARTS) is 1. The van der Waals surface area contributed by atoms with E-state index in [-0.39, 0.29) is 11.5 Å². The number of nitrogens with one attached hydrogen (secondary N) is 1. The molecule has 0 radical (unpaired) electrons. The molecule has 2 aliphatic carbocycles. The van der Waals surface area contributed by atoms with E-state index in [1.807, 2.05) is 26.0 Å². The molecule has 0 aromatic heterocycles. The summed E-state index contributed by atoms with van der Waals surface area (Å²) >= 11 is 0. The van der Waals surface area contributed by atoms with Crippen LogP contribution in [0.3, 0.4) is 0 Å². The Hall–Kier alpha value is -1.88. The van der Waals surface area contributed by atoms with E-state index < -0.39 is 17.3 Å². The molecule has 1 aromatic rings. The molecule has 0 heterocycles. The number of ether oxygens (including phenoxy) is 1. The summed E-state index contributed by atoms with van der Waals surface area (Å²) in [5.41, 5.74) is 0.517. The third-order valence-corrected chi connectivity index (χ3v) is 5.41. The molecule has 130 valence electrons. The largest absolute Gasteiger partial charge is 0.480 e. The number of aliphatic carboxylic acids is 1. The summed E-state index contributed by atoms with van der Waals surface area (Å²) in [6.45, 7) is 4.48. The van der Waals surface area contributed by atoms with Crippen LogP contribution in [0.25, 0.3) is 0 Å². The number of hydrogen-bond acceptors (Lipinski definition) is 3. The van der Waals surface area contributed by atoms with Gasteiger partial charge in [-0.3, -0.25) is 9.59 Å². The van der Waals surface area contributed by atoms with Gasteiger partial charge in [-0.25, -0.2) is 0 Å². The van der Waals surface area contributed by atoms with Crippen LogP contribution in [0.5, 0.6) is 0 Å². The second kappa shape index (κ2) is 6.20. The molecule has 0 saturated heterocycles. The lowest BCUT2D eigenvalue weighted by Gasteiger charge is -2.58. The van der Waals surface area contributed by atoms with Gasteiger partial charge in [0.1, 0.15) is 5.41 Å². The SMILES string of the molecule is CC(C)OCc1ccc(NC(=O)C2(C(=O)O)CC3(CCC3)C2)cc1. The van der Waals surface area contributed by atoms with Gasteiger partial charge in [0.05, 0.1) is 12.7 Å². The lowest BCUT2D eigenvalue weighted by atomic mass is 9.45. The maximum Gasteiger partial charge on any atom is 0.319 e. The van der Waals surface area contributed by atoms with Gasteiger partial charge >= 0.3 is 5.97 Å². The van der Waals surface area contributed by atoms with E-state index in [1.165, 1.54) is 0 Å². The van der Waals surface area contributed by atoms with Crippen molar-refractivity contribution in [2.45, 2.75) is 58.7 Å². The van der Waals surface area contributed by atoms with Crippen molar-refractivity contribution < 1.29 is 19.4 Å². The molecule has 3 rings (SSSR count). The Morgan fingerprint density at radius 3 is 2.29 bits per heavy atom. The van der Waals surface area contributed by atoms with Crippen LogP contribution in [0.4, 0.5) is 5.69 Å². The quantitative estimate of drug-likeness (QED) is 0.781. The minimum atomic E-state index is -1.25. The molecule has 1 aromatic carbocycles. The summed E-state index contributed by atoms with van der Waals surface area (Å²) in [5, 5.41) is 12.4. The second-order valence-corrected chi connectivity index (χ2v) is 7.61. The number of rotatable bonds is 6. The maximum absolute atomic E-state index is 12.6. The van der Waals surface area contributed by atoms with Gasteiger partial charge in [-0.2, -0.15) is 0 Å². The average molecular weight is 331 g/mol. The molecule has 1 spiro atoms. The van der Waals surface area contributed by atoms with Crippen molar-refractivity contribution in [3.8, 4) is 0 Å². The monoisotopic (exact) mass is 331 g/mol. The maximum atomic E-state index is 12.6. The predicted octanol–water partition coefficient (Wildman–Crippen LogP) is 3.59. The van der Waals surface area contributed by atoms with Gasteiger partial charge in [-0.1, -0.05) is 18.6 Å². The molecular weight excluding hydrogens is 306 g/mol. The molecular formula is C19H25NO4. The van der Waals surface area contributed by atoms with Crippen LogP contribution in [0, 0.1) is 10.8 Å². The van der Waals surface area contributed by atoms with Crippen molar-refractivity contribution in [2.75, 3.05) is 5.32 Å². The summed E-state index contributed by atoms with van der Waals surface area (Å²) in [4.78, 5) is 24.3. The van der Waals surface area contributed by atoms with E-state index in [4.69, 9.17) is 4.74 Å². The van der Waals surface area contributed by atoms with E-state index in [1.54, 1.807) is 12.1 Å². The van der Waals surface area contributed by atoms with Crippen LogP contribution in [0.2, 0.25) is 0 Å². The van der Waals surface area contributed by atoms with Gasteiger partial charge in [-0.15, -0.1) is 0 Å². The van der Waals surface area contributed by atoms with E-state index >= 15 is 0 Å². The smallest absolute Gasteiger partial charge is 0.319 e. The fraction of sp³-hybridized carbons (Fsp3) is 0.579. The zero-order valence-corrected chi connectivity index (χ0v) is 14.3. The van der Waals surface area contributed by atoms with Gasteiger partial charge in [-0.05, 0) is 62.6 Å². The van der Waals surface area contributed by atoms with Gasteiger partial charge in [0.15, 0.2) is 0 Å². The Balaban J connectivity index is 1.62. The minimum absolute atomic E-state index is 0.119. The Labute approximate surface area is 142 Å². The molecule has 2 aliphatic rings. The second-order valence-electron chi connectivity index (χ2n) is 7.61. The number of hydrogen-bond donors (Lipinski definition) is 2. The topological polar surface area (TPSA) is 75.6 Å². The van der Waals surface area contributed by atoms with Crippen LogP contribution in [-0.4, -0.2) is 23.1 Å². The van der Waals surface area contributed by atoms with Crippen molar-refractivity contribution in [1.82, 2.24) is 0 Å². The molecule has 0 aliphatic heterocycles. The Morgan fingerprint density at radius 2 is 1.83 bits per heavy atom. The van der Waals surface area contributed by atoms with Crippen LogP contribution < -0.4 is 5.32 Å². The highest BCUT2D eigenvalue weighted by atomic mass is 16.5. The van der Waals surface area contributed by atoms with Crippen molar-refractivity contribution in [1.29, 1.82) is 0 Å². The molecule has 5 heteroatoms. The number of benzene rings is 1. The highest BCUT2D eigenvalue weighted by molar-refractivity contribution is 6.09. The first-order valence-electron chi connectivity index (χ1n) is 8.61. The van der Waals surface area contributed by atoms with Gasteiger partial charge in [0, 0.05) is 5.69 Å². The van der Waals surface area contributed by atoms with Crippen LogP contribution in [0.1, 0.15) is 51.5 Å². The summed E-state index contributed by atoms with van der Waals surface area (Å²) in [7, 11) is 0. The van der Waals surface area contributed by atoms with E-state index in [0.29, 0.717) is 25.1 Å². The molecule has 5 nitrogen and oxygen atoms in total. The molecule has 0 atom stereocenters. The zero-order chi connectivity index (χ0) is 17.4. The average Bonchev–Trinajstić information content (AvgIpc) is 2.43. The molecule has 24 heavy (non-hydrogen) atoms. The number of amides is 1. The molecule has 0 bridgehead atoms. The zero-order valence-electron chi connectivity index (χ0n) is 14.3. The molecule has 1 amide bonds. The van der Waals surface area contributed by atoms with Crippen LogP contribution in [-0.2, 0) is 20.9 Å². The standard InChI is InChI=1S/C19H25NO4/c1-13(2)24-10-14-4-6-15(7-5-14)20-16(21)19(17(22)23)11-18(12-19)8-3-9-18/h4-7,13H,3,8-12H2,1-2H3,(H,20,21)(H,22,23). The van der Waals surface area contributed by atoms with E-state index in [0.717, 1.165) is 24.8 Å². The fourth-order valence-electron chi connectivity index (χ4n) is 3.87. The first-order valence-corrected chi connectivity index (χ1v) is 8.61. The first kappa shape index (κ1) is 17.0. The number of carbonyl (C=O) groups excluding carboxylic acids is 1. The lowest BCUT2D eigenvalue weighted by Crippen LogP contribution is -2.59. The highest BCUT2D eigenvalue weighted by Crippen LogP contribution is 2.64. The van der Waals surface area contributed by atoms with Crippen LogP contribution in [0.15, 0.2) is 24.3 Å². The van der Waals surface area contributed by atoms with Gasteiger partial charge in [0.25, 0.3) is 0 Å². The molecule has 0 unspecified atom stereocenters. The normalized spacial score (nSPS) is 20.3. The Morgan fingerprint density at radius 1 is 1.21 bits per heavy atom. The minimum Gasteiger partial charge on any atom is -0.480 e.